The summed E-state index contributed by atoms with van der Waals surface area (Å²) in [7, 11) is 0. The number of nitrogens with one attached hydrogen (secondary N) is 1. The fourth-order valence-corrected chi connectivity index (χ4v) is 3.55. The molecule has 0 saturated carbocycles. The second kappa shape index (κ2) is 7.42. The molecule has 2 saturated heterocycles. The van der Waals surface area contributed by atoms with Crippen LogP contribution >= 0.6 is 23.4 Å². The van der Waals surface area contributed by atoms with E-state index >= 15 is 0 Å². The normalized spacial score (nSPS) is 18.2. The molecule has 0 bridgehead atoms. The molecular formula is C15H16ClN3O4S. The minimum Gasteiger partial charge on any atom is -0.378 e. The molecule has 2 heterocycles. The van der Waals surface area contributed by atoms with E-state index in [0.717, 1.165) is 35.4 Å². The quantitative estimate of drug-likeness (QED) is 0.872. The third-order valence-electron chi connectivity index (χ3n) is 3.73. The van der Waals surface area contributed by atoms with Crippen LogP contribution in [0, 0.1) is 0 Å². The number of imide groups is 1. The average Bonchev–Trinajstić information content (AvgIpc) is 2.88. The number of hydrogen-bond donors (Lipinski definition) is 1. The van der Waals surface area contributed by atoms with E-state index in [-0.39, 0.29) is 18.2 Å². The highest BCUT2D eigenvalue weighted by molar-refractivity contribution is 8.14. The highest BCUT2D eigenvalue weighted by Gasteiger charge is 2.31. The number of carbonyl (C=O) groups excluding carboxylic acids is 3. The Bertz CT molecular complexity index is 663. The van der Waals surface area contributed by atoms with E-state index in [2.05, 4.69) is 10.2 Å². The second-order valence-corrected chi connectivity index (χ2v) is 6.68. The van der Waals surface area contributed by atoms with Gasteiger partial charge in [-0.2, -0.15) is 0 Å². The molecule has 1 N–H and O–H groups in total. The summed E-state index contributed by atoms with van der Waals surface area (Å²) in [6.07, 6.45) is 0. The third-order valence-corrected chi connectivity index (χ3v) is 4.89. The van der Waals surface area contributed by atoms with E-state index in [1.165, 1.54) is 0 Å². The number of morpholine rings is 1. The molecule has 24 heavy (non-hydrogen) atoms. The summed E-state index contributed by atoms with van der Waals surface area (Å²) in [5.74, 6) is -0.693. The summed E-state index contributed by atoms with van der Waals surface area (Å²) in [6.45, 7) is 2.56. The van der Waals surface area contributed by atoms with Crippen molar-refractivity contribution in [2.45, 2.75) is 0 Å². The van der Waals surface area contributed by atoms with E-state index in [1.807, 2.05) is 6.07 Å². The van der Waals surface area contributed by atoms with Crippen molar-refractivity contribution < 1.29 is 19.1 Å². The summed E-state index contributed by atoms with van der Waals surface area (Å²) < 4.78 is 5.31. The molecule has 0 radical (unpaired) electrons. The van der Waals surface area contributed by atoms with Gasteiger partial charge in [0.1, 0.15) is 6.54 Å². The van der Waals surface area contributed by atoms with Gasteiger partial charge in [-0.3, -0.25) is 19.3 Å². The first-order valence-corrected chi connectivity index (χ1v) is 8.80. The largest absolute Gasteiger partial charge is 0.378 e. The molecule has 7 nitrogen and oxygen atoms in total. The zero-order valence-electron chi connectivity index (χ0n) is 12.8. The molecule has 1 aromatic carbocycles. The smallest absolute Gasteiger partial charge is 0.289 e. The van der Waals surface area contributed by atoms with Gasteiger partial charge in [-0.15, -0.1) is 0 Å². The van der Waals surface area contributed by atoms with E-state index in [1.54, 1.807) is 12.1 Å². The maximum atomic E-state index is 12.0. The third kappa shape index (κ3) is 3.82. The molecule has 128 valence electrons. The first-order valence-electron chi connectivity index (χ1n) is 7.44. The Morgan fingerprint density at radius 3 is 2.67 bits per heavy atom. The molecule has 0 atom stereocenters. The topological polar surface area (TPSA) is 79.0 Å². The molecule has 2 fully saturated rings. The minimum absolute atomic E-state index is 0.0895. The van der Waals surface area contributed by atoms with Crippen molar-refractivity contribution in [1.29, 1.82) is 0 Å². The van der Waals surface area contributed by atoms with Gasteiger partial charge in [0, 0.05) is 18.8 Å². The summed E-state index contributed by atoms with van der Waals surface area (Å²) in [5, 5.41) is 2.79. The predicted octanol–water partition coefficient (Wildman–Crippen LogP) is 1.81. The zero-order chi connectivity index (χ0) is 17.1. The van der Waals surface area contributed by atoms with Gasteiger partial charge in [0.15, 0.2) is 0 Å². The molecule has 3 rings (SSSR count). The monoisotopic (exact) mass is 369 g/mol. The van der Waals surface area contributed by atoms with Crippen molar-refractivity contribution >= 4 is 51.8 Å². The lowest BCUT2D eigenvalue weighted by Crippen LogP contribution is -2.37. The van der Waals surface area contributed by atoms with E-state index in [9.17, 15) is 14.4 Å². The Hall–Kier alpha value is -1.77. The maximum Gasteiger partial charge on any atom is 0.289 e. The van der Waals surface area contributed by atoms with Crippen LogP contribution in [0.15, 0.2) is 18.2 Å². The second-order valence-electron chi connectivity index (χ2n) is 5.35. The Kier molecular flexibility index (Phi) is 5.27. The minimum atomic E-state index is -0.436. The van der Waals surface area contributed by atoms with Gasteiger partial charge in [0.25, 0.3) is 5.24 Å². The molecule has 0 spiro atoms. The lowest BCUT2D eigenvalue weighted by Gasteiger charge is -2.29. The summed E-state index contributed by atoms with van der Waals surface area (Å²) in [4.78, 5) is 38.1. The number of ether oxygens (including phenoxy) is 1. The molecule has 0 aromatic heterocycles. The molecule has 1 aromatic rings. The van der Waals surface area contributed by atoms with E-state index in [0.29, 0.717) is 23.9 Å². The van der Waals surface area contributed by atoms with Crippen LogP contribution in [0.25, 0.3) is 0 Å². The molecule has 0 unspecified atom stereocenters. The SMILES string of the molecule is O=C(CN1C(=O)CSC1=O)Nc1ccc(N2CCOCC2)c(Cl)c1. The van der Waals surface area contributed by atoms with Crippen LogP contribution in [0.3, 0.4) is 0 Å². The zero-order valence-corrected chi connectivity index (χ0v) is 14.4. The standard InChI is InChI=1S/C15H16ClN3O4S/c16-11-7-10(1-2-12(11)18-3-5-23-6-4-18)17-13(20)8-19-14(21)9-24-15(19)22/h1-2,7H,3-6,8-9H2,(H,17,20). The first-order chi connectivity index (χ1) is 11.5. The molecule has 2 aliphatic heterocycles. The van der Waals surface area contributed by atoms with E-state index < -0.39 is 11.1 Å². The van der Waals surface area contributed by atoms with Gasteiger partial charge in [0.2, 0.25) is 11.8 Å². The molecule has 2 aliphatic rings. The summed E-state index contributed by atoms with van der Waals surface area (Å²) >= 11 is 7.21. The summed E-state index contributed by atoms with van der Waals surface area (Å²) in [5.41, 5.74) is 1.41. The summed E-state index contributed by atoms with van der Waals surface area (Å²) in [6, 6.07) is 5.24. The fourth-order valence-electron chi connectivity index (χ4n) is 2.52. The molecular weight excluding hydrogens is 354 g/mol. The van der Waals surface area contributed by atoms with Gasteiger partial charge >= 0.3 is 0 Å². The van der Waals surface area contributed by atoms with Crippen molar-refractivity contribution in [3.8, 4) is 0 Å². The van der Waals surface area contributed by atoms with Crippen LogP contribution in [-0.2, 0) is 14.3 Å². The van der Waals surface area contributed by atoms with Crippen LogP contribution in [0.2, 0.25) is 5.02 Å². The number of thioether (sulfide) groups is 1. The predicted molar refractivity (Wildman–Crippen MR) is 92.7 cm³/mol. The highest BCUT2D eigenvalue weighted by Crippen LogP contribution is 2.29. The van der Waals surface area contributed by atoms with E-state index in [4.69, 9.17) is 16.3 Å². The van der Waals surface area contributed by atoms with Crippen LogP contribution in [0.1, 0.15) is 0 Å². The number of carbonyl (C=O) groups is 3. The van der Waals surface area contributed by atoms with Gasteiger partial charge in [-0.05, 0) is 18.2 Å². The Balaban J connectivity index is 1.63. The Morgan fingerprint density at radius 2 is 2.04 bits per heavy atom. The number of amides is 3. The Labute approximate surface area is 148 Å². The Morgan fingerprint density at radius 1 is 1.29 bits per heavy atom. The number of halogens is 1. The van der Waals surface area contributed by atoms with Crippen molar-refractivity contribution in [2.75, 3.05) is 48.8 Å². The first kappa shape index (κ1) is 17.1. The van der Waals surface area contributed by atoms with Crippen LogP contribution in [-0.4, -0.2) is 60.6 Å². The van der Waals surface area contributed by atoms with Crippen LogP contribution in [0.5, 0.6) is 0 Å². The molecule has 3 amide bonds. The van der Waals surface area contributed by atoms with Crippen molar-refractivity contribution in [1.82, 2.24) is 4.90 Å². The van der Waals surface area contributed by atoms with Crippen molar-refractivity contribution in [3.63, 3.8) is 0 Å². The average molecular weight is 370 g/mol. The maximum absolute atomic E-state index is 12.0. The number of benzene rings is 1. The van der Waals surface area contributed by atoms with Crippen LogP contribution < -0.4 is 10.2 Å². The fraction of sp³-hybridized carbons (Fsp3) is 0.400. The van der Waals surface area contributed by atoms with Gasteiger partial charge < -0.3 is 15.0 Å². The lowest BCUT2D eigenvalue weighted by molar-refractivity contribution is -0.128. The van der Waals surface area contributed by atoms with Gasteiger partial charge in [-0.1, -0.05) is 23.4 Å². The lowest BCUT2D eigenvalue weighted by atomic mass is 10.2. The van der Waals surface area contributed by atoms with Crippen molar-refractivity contribution in [3.05, 3.63) is 23.2 Å². The highest BCUT2D eigenvalue weighted by atomic mass is 35.5. The number of rotatable bonds is 4. The number of hydrogen-bond acceptors (Lipinski definition) is 6. The van der Waals surface area contributed by atoms with Crippen molar-refractivity contribution in [2.24, 2.45) is 0 Å². The number of anilines is 2. The van der Waals surface area contributed by atoms with Gasteiger partial charge in [-0.25, -0.2) is 0 Å². The van der Waals surface area contributed by atoms with Gasteiger partial charge in [0.05, 0.1) is 29.7 Å². The molecule has 9 heteroatoms. The van der Waals surface area contributed by atoms with Crippen LogP contribution in [0.4, 0.5) is 16.2 Å². The molecule has 0 aliphatic carbocycles. The number of nitrogens with zero attached hydrogens (tertiary/aromatic N) is 2.